The Labute approximate surface area is 143 Å². The highest BCUT2D eigenvalue weighted by atomic mass is 15.2. The first-order valence-corrected chi connectivity index (χ1v) is 8.67. The SMILES string of the molecule is Cc1cc(C)nc(Nc2nccnc2C2CCCN(C(C)C)C2)n1. The molecule has 6 heteroatoms. The average Bonchev–Trinajstić information content (AvgIpc) is 2.54. The quantitative estimate of drug-likeness (QED) is 0.930. The van der Waals surface area contributed by atoms with E-state index < -0.39 is 0 Å². The number of rotatable bonds is 4. The van der Waals surface area contributed by atoms with Crippen LogP contribution >= 0.6 is 0 Å². The third kappa shape index (κ3) is 3.87. The molecule has 0 aliphatic carbocycles. The van der Waals surface area contributed by atoms with Crippen LogP contribution in [-0.4, -0.2) is 44.0 Å². The highest BCUT2D eigenvalue weighted by Gasteiger charge is 2.26. The van der Waals surface area contributed by atoms with Gasteiger partial charge >= 0.3 is 0 Å². The van der Waals surface area contributed by atoms with Crippen LogP contribution in [0.25, 0.3) is 0 Å². The van der Waals surface area contributed by atoms with Crippen LogP contribution in [-0.2, 0) is 0 Å². The monoisotopic (exact) mass is 326 g/mol. The molecule has 1 fully saturated rings. The number of aryl methyl sites for hydroxylation is 2. The van der Waals surface area contributed by atoms with Gasteiger partial charge < -0.3 is 10.2 Å². The van der Waals surface area contributed by atoms with Gasteiger partial charge in [-0.1, -0.05) is 0 Å². The Morgan fingerprint density at radius 3 is 2.54 bits per heavy atom. The minimum atomic E-state index is 0.392. The molecular formula is C18H26N6. The summed E-state index contributed by atoms with van der Waals surface area (Å²) in [5.74, 6) is 1.76. The lowest BCUT2D eigenvalue weighted by Gasteiger charge is -2.35. The minimum Gasteiger partial charge on any atom is -0.307 e. The van der Waals surface area contributed by atoms with E-state index in [9.17, 15) is 0 Å². The lowest BCUT2D eigenvalue weighted by Crippen LogP contribution is -2.39. The molecule has 1 unspecified atom stereocenters. The number of hydrogen-bond donors (Lipinski definition) is 1. The van der Waals surface area contributed by atoms with Crippen LogP contribution in [0.5, 0.6) is 0 Å². The molecule has 6 nitrogen and oxygen atoms in total. The second-order valence-electron chi connectivity index (χ2n) is 6.82. The first kappa shape index (κ1) is 16.8. The average molecular weight is 326 g/mol. The fourth-order valence-corrected chi connectivity index (χ4v) is 3.33. The fourth-order valence-electron chi connectivity index (χ4n) is 3.33. The van der Waals surface area contributed by atoms with Gasteiger partial charge in [0.15, 0.2) is 5.82 Å². The van der Waals surface area contributed by atoms with Crippen molar-refractivity contribution in [2.24, 2.45) is 0 Å². The Morgan fingerprint density at radius 2 is 1.83 bits per heavy atom. The maximum atomic E-state index is 4.63. The predicted octanol–water partition coefficient (Wildman–Crippen LogP) is 3.21. The molecule has 1 saturated heterocycles. The molecular weight excluding hydrogens is 300 g/mol. The van der Waals surface area contributed by atoms with Gasteiger partial charge in [0.05, 0.1) is 5.69 Å². The Balaban J connectivity index is 1.85. The van der Waals surface area contributed by atoms with Crippen molar-refractivity contribution in [2.45, 2.75) is 52.5 Å². The minimum absolute atomic E-state index is 0.392. The fraction of sp³-hybridized carbons (Fsp3) is 0.556. The van der Waals surface area contributed by atoms with Crippen molar-refractivity contribution in [3.05, 3.63) is 35.5 Å². The lowest BCUT2D eigenvalue weighted by atomic mass is 9.93. The maximum Gasteiger partial charge on any atom is 0.228 e. The van der Waals surface area contributed by atoms with E-state index >= 15 is 0 Å². The molecule has 0 amide bonds. The number of piperidine rings is 1. The summed E-state index contributed by atoms with van der Waals surface area (Å²) < 4.78 is 0. The smallest absolute Gasteiger partial charge is 0.228 e. The highest BCUT2D eigenvalue weighted by Crippen LogP contribution is 2.30. The van der Waals surface area contributed by atoms with Gasteiger partial charge in [-0.25, -0.2) is 15.0 Å². The van der Waals surface area contributed by atoms with Crippen LogP contribution < -0.4 is 5.32 Å². The van der Waals surface area contributed by atoms with Crippen molar-refractivity contribution in [3.63, 3.8) is 0 Å². The van der Waals surface area contributed by atoms with E-state index in [0.29, 0.717) is 17.9 Å². The van der Waals surface area contributed by atoms with Crippen LogP contribution in [0.4, 0.5) is 11.8 Å². The Hall–Kier alpha value is -2.08. The van der Waals surface area contributed by atoms with Crippen molar-refractivity contribution in [1.82, 2.24) is 24.8 Å². The third-order valence-electron chi connectivity index (χ3n) is 4.51. The van der Waals surface area contributed by atoms with E-state index in [4.69, 9.17) is 0 Å². The van der Waals surface area contributed by atoms with Crippen molar-refractivity contribution in [2.75, 3.05) is 18.4 Å². The first-order valence-electron chi connectivity index (χ1n) is 8.67. The van der Waals surface area contributed by atoms with E-state index in [0.717, 1.165) is 42.4 Å². The Kier molecular flexibility index (Phi) is 5.04. The molecule has 1 aliphatic rings. The number of hydrogen-bond acceptors (Lipinski definition) is 6. The molecule has 1 N–H and O–H groups in total. The van der Waals surface area contributed by atoms with Gasteiger partial charge in [0.1, 0.15) is 0 Å². The van der Waals surface area contributed by atoms with Gasteiger partial charge in [0.2, 0.25) is 5.95 Å². The molecule has 0 bridgehead atoms. The topological polar surface area (TPSA) is 66.8 Å². The summed E-state index contributed by atoms with van der Waals surface area (Å²) in [4.78, 5) is 20.6. The zero-order valence-corrected chi connectivity index (χ0v) is 15.0. The molecule has 1 aliphatic heterocycles. The molecule has 0 aromatic carbocycles. The Bertz CT molecular complexity index is 679. The van der Waals surface area contributed by atoms with E-state index in [2.05, 4.69) is 44.0 Å². The number of nitrogens with zero attached hydrogens (tertiary/aromatic N) is 5. The summed E-state index contributed by atoms with van der Waals surface area (Å²) in [6.45, 7) is 10.6. The van der Waals surface area contributed by atoms with Gasteiger partial charge in [-0.2, -0.15) is 0 Å². The zero-order valence-electron chi connectivity index (χ0n) is 15.0. The number of nitrogens with one attached hydrogen (secondary N) is 1. The molecule has 2 aromatic rings. The van der Waals surface area contributed by atoms with Crippen molar-refractivity contribution in [3.8, 4) is 0 Å². The van der Waals surface area contributed by atoms with Gasteiger partial charge in [-0.15, -0.1) is 0 Å². The summed E-state index contributed by atoms with van der Waals surface area (Å²) in [5, 5.41) is 3.28. The van der Waals surface area contributed by atoms with Crippen molar-refractivity contribution >= 4 is 11.8 Å². The van der Waals surface area contributed by atoms with Crippen LogP contribution in [0.3, 0.4) is 0 Å². The van der Waals surface area contributed by atoms with E-state index in [-0.39, 0.29) is 0 Å². The summed E-state index contributed by atoms with van der Waals surface area (Å²) in [6, 6.07) is 2.52. The zero-order chi connectivity index (χ0) is 17.1. The molecule has 0 spiro atoms. The number of likely N-dealkylation sites (tertiary alicyclic amines) is 1. The van der Waals surface area contributed by atoms with Gasteiger partial charge in [-0.3, -0.25) is 4.98 Å². The molecule has 128 valence electrons. The lowest BCUT2D eigenvalue weighted by molar-refractivity contribution is 0.166. The second-order valence-corrected chi connectivity index (χ2v) is 6.82. The van der Waals surface area contributed by atoms with Crippen LogP contribution in [0, 0.1) is 13.8 Å². The molecule has 0 radical (unpaired) electrons. The van der Waals surface area contributed by atoms with Gasteiger partial charge in [-0.05, 0) is 53.1 Å². The summed E-state index contributed by atoms with van der Waals surface area (Å²) in [5.41, 5.74) is 2.91. The molecule has 3 rings (SSSR count). The van der Waals surface area contributed by atoms with E-state index in [1.54, 1.807) is 12.4 Å². The maximum absolute atomic E-state index is 4.63. The largest absolute Gasteiger partial charge is 0.307 e. The number of anilines is 2. The highest BCUT2D eigenvalue weighted by molar-refractivity contribution is 5.52. The van der Waals surface area contributed by atoms with Crippen molar-refractivity contribution in [1.29, 1.82) is 0 Å². The van der Waals surface area contributed by atoms with E-state index in [1.807, 2.05) is 19.9 Å². The van der Waals surface area contributed by atoms with Crippen molar-refractivity contribution < 1.29 is 0 Å². The normalized spacial score (nSPS) is 18.8. The molecule has 0 saturated carbocycles. The van der Waals surface area contributed by atoms with Gasteiger partial charge in [0.25, 0.3) is 0 Å². The predicted molar refractivity (Wildman–Crippen MR) is 95.5 cm³/mol. The molecule has 24 heavy (non-hydrogen) atoms. The van der Waals surface area contributed by atoms with E-state index in [1.165, 1.54) is 6.42 Å². The molecule has 1 atom stereocenters. The standard InChI is InChI=1S/C18H26N6/c1-12(2)24-9-5-6-15(11-24)16-17(20-8-7-19-16)23-18-21-13(3)10-14(4)22-18/h7-8,10,12,15H,5-6,9,11H2,1-4H3,(H,20,21,22,23). The summed E-state index contributed by atoms with van der Waals surface area (Å²) in [6.07, 6.45) is 5.83. The summed E-state index contributed by atoms with van der Waals surface area (Å²) >= 11 is 0. The van der Waals surface area contributed by atoms with Crippen LogP contribution in [0.15, 0.2) is 18.5 Å². The summed E-state index contributed by atoms with van der Waals surface area (Å²) in [7, 11) is 0. The molecule has 3 heterocycles. The third-order valence-corrected chi connectivity index (χ3v) is 4.51. The van der Waals surface area contributed by atoms with Crippen LogP contribution in [0.1, 0.15) is 49.7 Å². The van der Waals surface area contributed by atoms with Crippen LogP contribution in [0.2, 0.25) is 0 Å². The second kappa shape index (κ2) is 7.21. The Morgan fingerprint density at radius 1 is 1.12 bits per heavy atom. The molecule has 2 aromatic heterocycles. The number of aromatic nitrogens is 4. The van der Waals surface area contributed by atoms with Gasteiger partial charge in [0, 0.05) is 42.3 Å². The first-order chi connectivity index (χ1) is 11.5.